The summed E-state index contributed by atoms with van der Waals surface area (Å²) in [5, 5.41) is 6.06. The van der Waals surface area contributed by atoms with E-state index in [0.29, 0.717) is 19.2 Å². The lowest BCUT2D eigenvalue weighted by Gasteiger charge is -2.42. The zero-order chi connectivity index (χ0) is 19.1. The van der Waals surface area contributed by atoms with Crippen LogP contribution in [0.5, 0.6) is 0 Å². The highest BCUT2D eigenvalue weighted by Crippen LogP contribution is 2.25. The van der Waals surface area contributed by atoms with Crippen LogP contribution in [0.25, 0.3) is 0 Å². The van der Waals surface area contributed by atoms with E-state index >= 15 is 0 Å². The van der Waals surface area contributed by atoms with Crippen molar-refractivity contribution in [3.8, 4) is 0 Å². The van der Waals surface area contributed by atoms with Crippen LogP contribution in [0, 0.1) is 5.92 Å². The average Bonchev–Trinajstić information content (AvgIpc) is 2.74. The van der Waals surface area contributed by atoms with Crippen molar-refractivity contribution in [3.05, 3.63) is 12.3 Å². The molecule has 0 radical (unpaired) electrons. The van der Waals surface area contributed by atoms with Gasteiger partial charge < -0.3 is 20.3 Å². The third kappa shape index (κ3) is 5.29. The van der Waals surface area contributed by atoms with Crippen LogP contribution in [-0.4, -0.2) is 80.3 Å². The minimum atomic E-state index is 0.101. The van der Waals surface area contributed by atoms with Crippen LogP contribution in [0.4, 0.5) is 11.8 Å². The van der Waals surface area contributed by atoms with Crippen molar-refractivity contribution in [2.24, 2.45) is 5.92 Å². The summed E-state index contributed by atoms with van der Waals surface area (Å²) < 4.78 is 5.01. The lowest BCUT2D eigenvalue weighted by Crippen LogP contribution is -2.51. The van der Waals surface area contributed by atoms with Crippen LogP contribution in [0.2, 0.25) is 0 Å². The molecule has 2 saturated heterocycles. The number of carbonyl (C=O) groups excluding carboxylic acids is 1. The molecular formula is C19H32N6O2. The lowest BCUT2D eigenvalue weighted by molar-refractivity contribution is -0.127. The number of anilines is 2. The Morgan fingerprint density at radius 2 is 2.11 bits per heavy atom. The van der Waals surface area contributed by atoms with E-state index in [0.717, 1.165) is 63.6 Å². The first-order chi connectivity index (χ1) is 13.2. The monoisotopic (exact) mass is 376 g/mol. The zero-order valence-corrected chi connectivity index (χ0v) is 16.5. The Hall–Kier alpha value is -1.93. The molecule has 1 amide bonds. The number of ether oxygens (including phenoxy) is 1. The number of carbonyl (C=O) groups is 1. The molecule has 0 bridgehead atoms. The van der Waals surface area contributed by atoms with Crippen LogP contribution in [0.1, 0.15) is 25.7 Å². The van der Waals surface area contributed by atoms with E-state index in [1.54, 1.807) is 13.3 Å². The second kappa shape index (κ2) is 9.85. The van der Waals surface area contributed by atoms with Gasteiger partial charge >= 0.3 is 0 Å². The molecule has 0 aliphatic carbocycles. The molecule has 1 aromatic heterocycles. The number of aromatic nitrogens is 2. The number of nitrogens with zero attached hydrogens (tertiary/aromatic N) is 4. The molecule has 2 N–H and O–H groups in total. The number of rotatable bonds is 7. The van der Waals surface area contributed by atoms with Gasteiger partial charge in [0.1, 0.15) is 5.82 Å². The Kier molecular flexibility index (Phi) is 7.23. The van der Waals surface area contributed by atoms with E-state index in [1.807, 2.05) is 13.1 Å². The number of piperidine rings is 2. The van der Waals surface area contributed by atoms with Gasteiger partial charge in [0.15, 0.2) is 0 Å². The Balaban J connectivity index is 1.49. The second-order valence-corrected chi connectivity index (χ2v) is 7.33. The summed E-state index contributed by atoms with van der Waals surface area (Å²) in [6.45, 7) is 5.04. The maximum absolute atomic E-state index is 12.4. The van der Waals surface area contributed by atoms with Gasteiger partial charge in [0.05, 0.1) is 12.5 Å². The maximum Gasteiger partial charge on any atom is 0.227 e. The highest BCUT2D eigenvalue weighted by atomic mass is 16.5. The topological polar surface area (TPSA) is 82.6 Å². The molecule has 1 aromatic rings. The van der Waals surface area contributed by atoms with Crippen molar-refractivity contribution < 1.29 is 9.53 Å². The van der Waals surface area contributed by atoms with Gasteiger partial charge in [0, 0.05) is 52.6 Å². The second-order valence-electron chi connectivity index (χ2n) is 7.33. The van der Waals surface area contributed by atoms with Gasteiger partial charge in [-0.15, -0.1) is 0 Å². The first kappa shape index (κ1) is 19.8. The number of nitrogens with one attached hydrogen (secondary N) is 2. The van der Waals surface area contributed by atoms with E-state index in [1.165, 1.54) is 0 Å². The number of hydrogen-bond acceptors (Lipinski definition) is 7. The van der Waals surface area contributed by atoms with Crippen molar-refractivity contribution >= 4 is 17.7 Å². The van der Waals surface area contributed by atoms with Crippen LogP contribution in [-0.2, 0) is 9.53 Å². The zero-order valence-electron chi connectivity index (χ0n) is 16.5. The van der Waals surface area contributed by atoms with Gasteiger partial charge in [0.2, 0.25) is 11.9 Å². The van der Waals surface area contributed by atoms with Crippen LogP contribution in [0.15, 0.2) is 12.3 Å². The van der Waals surface area contributed by atoms with E-state index in [9.17, 15) is 4.79 Å². The molecule has 0 spiro atoms. The number of methoxy groups -OCH3 is 1. The smallest absolute Gasteiger partial charge is 0.227 e. The molecule has 0 unspecified atom stereocenters. The van der Waals surface area contributed by atoms with Gasteiger partial charge in [-0.3, -0.25) is 9.69 Å². The standard InChI is InChI=1S/C19H32N6O2/c1-20-17-5-8-22-19(23-17)24-11-6-16(7-12-24)25-10-3-4-15(14-25)18(26)21-9-13-27-2/h5,8,15-16H,3-4,6-7,9-14H2,1-2H3,(H,21,26)(H,20,22,23)/t15-/m0/s1. The molecule has 8 nitrogen and oxygen atoms in total. The summed E-state index contributed by atoms with van der Waals surface area (Å²) in [5.41, 5.74) is 0. The predicted molar refractivity (Wildman–Crippen MR) is 106 cm³/mol. The molecule has 3 heterocycles. The molecule has 1 atom stereocenters. The molecule has 0 saturated carbocycles. The molecule has 3 rings (SSSR count). The molecular weight excluding hydrogens is 344 g/mol. The summed E-state index contributed by atoms with van der Waals surface area (Å²) in [4.78, 5) is 26.1. The third-order valence-electron chi connectivity index (χ3n) is 5.59. The average molecular weight is 377 g/mol. The predicted octanol–water partition coefficient (Wildman–Crippen LogP) is 0.962. The van der Waals surface area contributed by atoms with Crippen molar-refractivity contribution in [3.63, 3.8) is 0 Å². The van der Waals surface area contributed by atoms with Gasteiger partial charge in [0.25, 0.3) is 0 Å². The number of amides is 1. The van der Waals surface area contributed by atoms with Crippen LogP contribution < -0.4 is 15.5 Å². The highest BCUT2D eigenvalue weighted by molar-refractivity contribution is 5.78. The van der Waals surface area contributed by atoms with Crippen molar-refractivity contribution in [1.82, 2.24) is 20.2 Å². The maximum atomic E-state index is 12.4. The van der Waals surface area contributed by atoms with E-state index in [4.69, 9.17) is 4.74 Å². The summed E-state index contributed by atoms with van der Waals surface area (Å²) in [7, 11) is 3.53. The minimum Gasteiger partial charge on any atom is -0.383 e. The van der Waals surface area contributed by atoms with Gasteiger partial charge in [-0.1, -0.05) is 0 Å². The SMILES string of the molecule is CNc1ccnc(N2CCC(N3CCC[C@H](C(=O)NCCOC)C3)CC2)n1. The largest absolute Gasteiger partial charge is 0.383 e. The normalized spacial score (nSPS) is 21.9. The number of likely N-dealkylation sites (tertiary alicyclic amines) is 1. The van der Waals surface area contributed by atoms with Gasteiger partial charge in [-0.2, -0.15) is 4.98 Å². The fraction of sp³-hybridized carbons (Fsp3) is 0.737. The summed E-state index contributed by atoms with van der Waals surface area (Å²) >= 11 is 0. The fourth-order valence-electron chi connectivity index (χ4n) is 4.04. The first-order valence-electron chi connectivity index (χ1n) is 9.97. The molecule has 27 heavy (non-hydrogen) atoms. The Morgan fingerprint density at radius 3 is 2.85 bits per heavy atom. The van der Waals surface area contributed by atoms with Crippen LogP contribution in [0.3, 0.4) is 0 Å². The number of hydrogen-bond donors (Lipinski definition) is 2. The molecule has 2 fully saturated rings. The fourth-order valence-corrected chi connectivity index (χ4v) is 4.04. The molecule has 150 valence electrons. The Labute approximate surface area is 161 Å². The Bertz CT molecular complexity index is 606. The first-order valence-corrected chi connectivity index (χ1v) is 9.97. The molecule has 2 aliphatic rings. The third-order valence-corrected chi connectivity index (χ3v) is 5.59. The van der Waals surface area contributed by atoms with Crippen molar-refractivity contribution in [2.75, 3.05) is 63.7 Å². The van der Waals surface area contributed by atoms with E-state index in [-0.39, 0.29) is 11.8 Å². The van der Waals surface area contributed by atoms with Gasteiger partial charge in [-0.05, 0) is 38.3 Å². The van der Waals surface area contributed by atoms with Crippen molar-refractivity contribution in [2.45, 2.75) is 31.7 Å². The lowest BCUT2D eigenvalue weighted by atomic mass is 9.93. The van der Waals surface area contributed by atoms with E-state index in [2.05, 4.69) is 30.4 Å². The van der Waals surface area contributed by atoms with Gasteiger partial charge in [-0.25, -0.2) is 4.98 Å². The quantitative estimate of drug-likeness (QED) is 0.686. The van der Waals surface area contributed by atoms with E-state index < -0.39 is 0 Å². The van der Waals surface area contributed by atoms with Crippen LogP contribution >= 0.6 is 0 Å². The summed E-state index contributed by atoms with van der Waals surface area (Å²) in [5.74, 6) is 1.92. The Morgan fingerprint density at radius 1 is 1.30 bits per heavy atom. The summed E-state index contributed by atoms with van der Waals surface area (Å²) in [6, 6.07) is 2.42. The minimum absolute atomic E-state index is 0.101. The summed E-state index contributed by atoms with van der Waals surface area (Å²) in [6.07, 6.45) is 6.06. The molecule has 8 heteroatoms. The van der Waals surface area contributed by atoms with Crippen molar-refractivity contribution in [1.29, 1.82) is 0 Å². The highest BCUT2D eigenvalue weighted by Gasteiger charge is 2.32. The molecule has 0 aromatic carbocycles. The molecule has 2 aliphatic heterocycles.